The standard InChI is InChI=1S/C16H14F2N2O2S/c1-10(23-14-8-7-11(17)9-13(14)18)15(21)20-16(22)19-12-5-3-2-4-6-12/h2-10H,1H3,(H2,19,20,21,22)/t10-/m1/s1. The number of imide groups is 1. The molecule has 0 aliphatic carbocycles. The molecule has 0 spiro atoms. The lowest BCUT2D eigenvalue weighted by molar-refractivity contribution is -0.119. The van der Waals surface area contributed by atoms with Crippen LogP contribution in [0.2, 0.25) is 0 Å². The first-order valence-electron chi connectivity index (χ1n) is 6.74. The summed E-state index contributed by atoms with van der Waals surface area (Å²) in [6.45, 7) is 1.53. The Morgan fingerprint density at radius 3 is 2.43 bits per heavy atom. The molecule has 0 fully saturated rings. The van der Waals surface area contributed by atoms with Crippen molar-refractivity contribution in [1.82, 2.24) is 5.32 Å². The van der Waals surface area contributed by atoms with Crippen LogP contribution < -0.4 is 10.6 Å². The van der Waals surface area contributed by atoms with Crippen LogP contribution in [-0.4, -0.2) is 17.2 Å². The summed E-state index contributed by atoms with van der Waals surface area (Å²) in [5.41, 5.74) is 0.544. The minimum absolute atomic E-state index is 0.137. The largest absolute Gasteiger partial charge is 0.325 e. The Morgan fingerprint density at radius 2 is 1.78 bits per heavy atom. The number of nitrogens with one attached hydrogen (secondary N) is 2. The predicted octanol–water partition coefficient (Wildman–Crippen LogP) is 3.79. The number of thioether (sulfide) groups is 1. The van der Waals surface area contributed by atoms with Gasteiger partial charge in [0.2, 0.25) is 5.91 Å². The van der Waals surface area contributed by atoms with Gasteiger partial charge < -0.3 is 5.32 Å². The van der Waals surface area contributed by atoms with E-state index in [2.05, 4.69) is 10.6 Å². The third kappa shape index (κ3) is 5.07. The summed E-state index contributed by atoms with van der Waals surface area (Å²) in [6.07, 6.45) is 0. The minimum Gasteiger partial charge on any atom is -0.308 e. The van der Waals surface area contributed by atoms with Gasteiger partial charge in [0.05, 0.1) is 5.25 Å². The number of para-hydroxylation sites is 1. The van der Waals surface area contributed by atoms with Gasteiger partial charge in [-0.2, -0.15) is 0 Å². The second kappa shape index (κ2) is 7.73. The number of benzene rings is 2. The SMILES string of the molecule is C[C@@H](Sc1ccc(F)cc1F)C(=O)NC(=O)Nc1ccccc1. The van der Waals surface area contributed by atoms with Gasteiger partial charge in [0.15, 0.2) is 0 Å². The summed E-state index contributed by atoms with van der Waals surface area (Å²) in [5, 5.41) is 3.95. The zero-order chi connectivity index (χ0) is 16.8. The van der Waals surface area contributed by atoms with Crippen LogP contribution in [0.5, 0.6) is 0 Å². The number of amides is 3. The van der Waals surface area contributed by atoms with Gasteiger partial charge in [-0.25, -0.2) is 13.6 Å². The summed E-state index contributed by atoms with van der Waals surface area (Å²) in [7, 11) is 0. The van der Waals surface area contributed by atoms with Gasteiger partial charge in [-0.15, -0.1) is 11.8 Å². The molecule has 0 radical (unpaired) electrons. The van der Waals surface area contributed by atoms with Crippen LogP contribution in [0.15, 0.2) is 53.4 Å². The number of urea groups is 1. The van der Waals surface area contributed by atoms with E-state index in [1.54, 1.807) is 30.3 Å². The monoisotopic (exact) mass is 336 g/mol. The lowest BCUT2D eigenvalue weighted by Crippen LogP contribution is -2.38. The molecule has 0 heterocycles. The number of halogens is 2. The summed E-state index contributed by atoms with van der Waals surface area (Å²) < 4.78 is 26.4. The average Bonchev–Trinajstić information content (AvgIpc) is 2.50. The van der Waals surface area contributed by atoms with Crippen molar-refractivity contribution in [3.05, 3.63) is 60.2 Å². The minimum atomic E-state index is -0.747. The molecule has 2 aromatic rings. The van der Waals surface area contributed by atoms with Crippen LogP contribution >= 0.6 is 11.8 Å². The van der Waals surface area contributed by atoms with Crippen molar-refractivity contribution < 1.29 is 18.4 Å². The zero-order valence-electron chi connectivity index (χ0n) is 12.2. The Labute approximate surface area is 136 Å². The van der Waals surface area contributed by atoms with Crippen LogP contribution in [0.4, 0.5) is 19.3 Å². The van der Waals surface area contributed by atoms with E-state index in [4.69, 9.17) is 0 Å². The van der Waals surface area contributed by atoms with Crippen molar-refractivity contribution in [2.45, 2.75) is 17.1 Å². The quantitative estimate of drug-likeness (QED) is 0.835. The van der Waals surface area contributed by atoms with Gasteiger partial charge in [0.1, 0.15) is 11.6 Å². The highest BCUT2D eigenvalue weighted by Crippen LogP contribution is 2.26. The maximum Gasteiger partial charge on any atom is 0.325 e. The molecule has 0 aliphatic heterocycles. The van der Waals surface area contributed by atoms with E-state index in [0.29, 0.717) is 5.69 Å². The molecule has 23 heavy (non-hydrogen) atoms. The summed E-state index contributed by atoms with van der Waals surface area (Å²) in [4.78, 5) is 23.8. The molecule has 2 aromatic carbocycles. The molecule has 0 saturated heterocycles. The lowest BCUT2D eigenvalue weighted by atomic mass is 10.3. The highest BCUT2D eigenvalue weighted by molar-refractivity contribution is 8.00. The second-order valence-electron chi connectivity index (χ2n) is 4.64. The van der Waals surface area contributed by atoms with Crippen LogP contribution in [0.1, 0.15) is 6.92 Å². The summed E-state index contributed by atoms with van der Waals surface area (Å²) in [6, 6.07) is 11.1. The van der Waals surface area contributed by atoms with Gasteiger partial charge >= 0.3 is 6.03 Å². The van der Waals surface area contributed by atoms with E-state index >= 15 is 0 Å². The number of anilines is 1. The lowest BCUT2D eigenvalue weighted by Gasteiger charge is -2.12. The highest BCUT2D eigenvalue weighted by Gasteiger charge is 2.19. The number of hydrogen-bond donors (Lipinski definition) is 2. The van der Waals surface area contributed by atoms with E-state index in [1.807, 2.05) is 0 Å². The highest BCUT2D eigenvalue weighted by atomic mass is 32.2. The number of hydrogen-bond acceptors (Lipinski definition) is 3. The molecule has 120 valence electrons. The maximum atomic E-state index is 13.6. The van der Waals surface area contributed by atoms with Gasteiger partial charge in [-0.1, -0.05) is 18.2 Å². The molecule has 3 amide bonds. The Bertz CT molecular complexity index is 710. The van der Waals surface area contributed by atoms with Crippen molar-refractivity contribution in [2.24, 2.45) is 0 Å². The summed E-state index contributed by atoms with van der Waals surface area (Å²) in [5.74, 6) is -2.01. The number of carbonyl (C=O) groups is 2. The Balaban J connectivity index is 1.90. The molecule has 1 atom stereocenters. The van der Waals surface area contributed by atoms with Gasteiger partial charge in [-0.3, -0.25) is 10.1 Å². The second-order valence-corrected chi connectivity index (χ2v) is 6.03. The number of rotatable bonds is 4. The first-order chi connectivity index (χ1) is 11.0. The molecule has 7 heteroatoms. The molecule has 0 unspecified atom stereocenters. The molecule has 2 rings (SSSR count). The Kier molecular flexibility index (Phi) is 5.70. The van der Waals surface area contributed by atoms with E-state index in [1.165, 1.54) is 13.0 Å². The number of carbonyl (C=O) groups excluding carboxylic acids is 2. The molecular weight excluding hydrogens is 322 g/mol. The van der Waals surface area contributed by atoms with Gasteiger partial charge in [0, 0.05) is 16.6 Å². The van der Waals surface area contributed by atoms with Crippen molar-refractivity contribution in [3.8, 4) is 0 Å². The van der Waals surface area contributed by atoms with Crippen LogP contribution in [0.25, 0.3) is 0 Å². The first kappa shape index (κ1) is 17.0. The third-order valence-electron chi connectivity index (χ3n) is 2.84. The van der Waals surface area contributed by atoms with Gasteiger partial charge in [0.25, 0.3) is 0 Å². The fourth-order valence-corrected chi connectivity index (χ4v) is 2.58. The fourth-order valence-electron chi connectivity index (χ4n) is 1.71. The normalized spacial score (nSPS) is 11.6. The summed E-state index contributed by atoms with van der Waals surface area (Å²) >= 11 is 0.902. The Hall–Kier alpha value is -2.41. The van der Waals surface area contributed by atoms with Crippen molar-refractivity contribution >= 4 is 29.4 Å². The molecule has 4 nitrogen and oxygen atoms in total. The smallest absolute Gasteiger partial charge is 0.308 e. The molecular formula is C16H14F2N2O2S. The molecule has 0 bridgehead atoms. The van der Waals surface area contributed by atoms with Crippen LogP contribution in [0.3, 0.4) is 0 Å². The van der Waals surface area contributed by atoms with E-state index < -0.39 is 28.8 Å². The zero-order valence-corrected chi connectivity index (χ0v) is 13.0. The maximum absolute atomic E-state index is 13.6. The molecule has 0 aromatic heterocycles. The third-order valence-corrected chi connectivity index (χ3v) is 3.99. The molecule has 2 N–H and O–H groups in total. The van der Waals surface area contributed by atoms with Crippen LogP contribution in [-0.2, 0) is 4.79 Å². The van der Waals surface area contributed by atoms with Gasteiger partial charge in [-0.05, 0) is 31.2 Å². The van der Waals surface area contributed by atoms with E-state index in [9.17, 15) is 18.4 Å². The van der Waals surface area contributed by atoms with E-state index in [-0.39, 0.29) is 4.90 Å². The fraction of sp³-hybridized carbons (Fsp3) is 0.125. The van der Waals surface area contributed by atoms with Crippen LogP contribution in [0, 0.1) is 11.6 Å². The predicted molar refractivity (Wildman–Crippen MR) is 85.3 cm³/mol. The topological polar surface area (TPSA) is 58.2 Å². The van der Waals surface area contributed by atoms with Crippen molar-refractivity contribution in [3.63, 3.8) is 0 Å². The van der Waals surface area contributed by atoms with Crippen molar-refractivity contribution in [1.29, 1.82) is 0 Å². The molecule has 0 aliphatic rings. The van der Waals surface area contributed by atoms with Crippen molar-refractivity contribution in [2.75, 3.05) is 5.32 Å². The average molecular weight is 336 g/mol. The van der Waals surface area contributed by atoms with E-state index in [0.717, 1.165) is 23.9 Å². The first-order valence-corrected chi connectivity index (χ1v) is 7.62. The molecule has 0 saturated carbocycles. The Morgan fingerprint density at radius 1 is 1.09 bits per heavy atom.